The van der Waals surface area contributed by atoms with Gasteiger partial charge >= 0.3 is 12.1 Å². The second-order valence-electron chi connectivity index (χ2n) is 6.33. The third-order valence-corrected chi connectivity index (χ3v) is 4.30. The van der Waals surface area contributed by atoms with E-state index in [-0.39, 0.29) is 13.0 Å². The Morgan fingerprint density at radius 3 is 2.46 bits per heavy atom. The summed E-state index contributed by atoms with van der Waals surface area (Å²) >= 11 is 0. The Hall–Kier alpha value is -2.83. The Balaban J connectivity index is 1.68. The standard InChI is InChI=1S/C19H16F3NO3/c1-18(10-13-4-2-3-5-15(13)16(24)26-18)17(25)23-11-12-6-8-14(9-7-12)19(20,21)22/h2-9H,10-11H2,1H3,(H,23,25)/t18-/m0/s1. The Morgan fingerprint density at radius 1 is 1.15 bits per heavy atom. The molecule has 1 atom stereocenters. The number of rotatable bonds is 3. The first kappa shape index (κ1) is 18.0. The molecule has 0 aliphatic carbocycles. The largest absolute Gasteiger partial charge is 0.445 e. The van der Waals surface area contributed by atoms with Crippen molar-refractivity contribution in [1.82, 2.24) is 5.32 Å². The molecule has 1 N–H and O–H groups in total. The van der Waals surface area contributed by atoms with Gasteiger partial charge in [-0.05, 0) is 36.2 Å². The maximum atomic E-state index is 12.6. The Labute approximate surface area is 148 Å². The number of esters is 1. The number of carbonyl (C=O) groups is 2. The van der Waals surface area contributed by atoms with Crippen LogP contribution in [0.2, 0.25) is 0 Å². The maximum absolute atomic E-state index is 12.6. The SMILES string of the molecule is C[C@@]1(C(=O)NCc2ccc(C(F)(F)F)cc2)Cc2ccccc2C(=O)O1. The highest BCUT2D eigenvalue weighted by atomic mass is 19.4. The minimum Gasteiger partial charge on any atom is -0.445 e. The average Bonchev–Trinajstić information content (AvgIpc) is 2.59. The van der Waals surface area contributed by atoms with Gasteiger partial charge in [0.2, 0.25) is 0 Å². The van der Waals surface area contributed by atoms with E-state index in [0.29, 0.717) is 11.1 Å². The van der Waals surface area contributed by atoms with E-state index < -0.39 is 29.2 Å². The molecule has 0 spiro atoms. The zero-order valence-electron chi connectivity index (χ0n) is 13.9. The van der Waals surface area contributed by atoms with Gasteiger partial charge in [-0.1, -0.05) is 30.3 Å². The lowest BCUT2D eigenvalue weighted by Crippen LogP contribution is -2.51. The topological polar surface area (TPSA) is 55.4 Å². The minimum absolute atomic E-state index is 0.0335. The molecule has 7 heteroatoms. The number of nitrogens with one attached hydrogen (secondary N) is 1. The van der Waals surface area contributed by atoms with Gasteiger partial charge in [0.25, 0.3) is 5.91 Å². The van der Waals surface area contributed by atoms with Crippen LogP contribution >= 0.6 is 0 Å². The van der Waals surface area contributed by atoms with Crippen molar-refractivity contribution in [1.29, 1.82) is 0 Å². The van der Waals surface area contributed by atoms with E-state index in [1.807, 2.05) is 0 Å². The lowest BCUT2D eigenvalue weighted by molar-refractivity contribution is -0.140. The van der Waals surface area contributed by atoms with Gasteiger partial charge in [0.05, 0.1) is 11.1 Å². The molecule has 26 heavy (non-hydrogen) atoms. The Kier molecular flexibility index (Phi) is 4.48. The van der Waals surface area contributed by atoms with Crippen LogP contribution in [0.15, 0.2) is 48.5 Å². The predicted octanol–water partition coefficient (Wildman–Crippen LogP) is 3.49. The summed E-state index contributed by atoms with van der Waals surface area (Å²) in [5.41, 5.74) is -0.455. The first-order valence-corrected chi connectivity index (χ1v) is 7.95. The summed E-state index contributed by atoms with van der Waals surface area (Å²) in [6, 6.07) is 11.4. The lowest BCUT2D eigenvalue weighted by Gasteiger charge is -2.33. The van der Waals surface area contributed by atoms with E-state index in [9.17, 15) is 22.8 Å². The van der Waals surface area contributed by atoms with Crippen molar-refractivity contribution in [2.45, 2.75) is 31.7 Å². The van der Waals surface area contributed by atoms with Crippen LogP contribution in [0.3, 0.4) is 0 Å². The molecule has 4 nitrogen and oxygen atoms in total. The highest BCUT2D eigenvalue weighted by Crippen LogP contribution is 2.30. The smallest absolute Gasteiger partial charge is 0.416 e. The zero-order chi connectivity index (χ0) is 18.9. The van der Waals surface area contributed by atoms with E-state index in [1.54, 1.807) is 24.3 Å². The van der Waals surface area contributed by atoms with E-state index in [4.69, 9.17) is 4.74 Å². The summed E-state index contributed by atoms with van der Waals surface area (Å²) < 4.78 is 43.0. The van der Waals surface area contributed by atoms with Gasteiger partial charge < -0.3 is 10.1 Å². The summed E-state index contributed by atoms with van der Waals surface area (Å²) in [4.78, 5) is 24.6. The van der Waals surface area contributed by atoms with Crippen LogP contribution < -0.4 is 5.32 Å². The summed E-state index contributed by atoms with van der Waals surface area (Å²) in [5, 5.41) is 2.62. The van der Waals surface area contributed by atoms with Gasteiger partial charge in [0.15, 0.2) is 5.60 Å². The molecule has 0 unspecified atom stereocenters. The van der Waals surface area contributed by atoms with Gasteiger partial charge in [-0.3, -0.25) is 4.79 Å². The van der Waals surface area contributed by atoms with Gasteiger partial charge in [0, 0.05) is 13.0 Å². The third-order valence-electron chi connectivity index (χ3n) is 4.30. The molecule has 1 amide bonds. The van der Waals surface area contributed by atoms with Crippen molar-refractivity contribution in [3.8, 4) is 0 Å². The summed E-state index contributed by atoms with van der Waals surface area (Å²) in [5.74, 6) is -1.07. The van der Waals surface area contributed by atoms with Crippen LogP contribution in [-0.4, -0.2) is 17.5 Å². The molecule has 0 saturated heterocycles. The van der Waals surface area contributed by atoms with Crippen molar-refractivity contribution in [2.24, 2.45) is 0 Å². The fourth-order valence-corrected chi connectivity index (χ4v) is 2.84. The molecule has 136 valence electrons. The summed E-state index contributed by atoms with van der Waals surface area (Å²) in [7, 11) is 0. The molecule has 0 aromatic heterocycles. The first-order chi connectivity index (χ1) is 12.2. The second-order valence-corrected chi connectivity index (χ2v) is 6.33. The zero-order valence-corrected chi connectivity index (χ0v) is 13.9. The van der Waals surface area contributed by atoms with Crippen LogP contribution in [0, 0.1) is 0 Å². The van der Waals surface area contributed by atoms with Gasteiger partial charge in [-0.2, -0.15) is 13.2 Å². The number of cyclic esters (lactones) is 1. The number of ether oxygens (including phenoxy) is 1. The average molecular weight is 363 g/mol. The molecule has 0 fully saturated rings. The Morgan fingerprint density at radius 2 is 1.81 bits per heavy atom. The molecule has 0 radical (unpaired) electrons. The number of alkyl halides is 3. The van der Waals surface area contributed by atoms with Crippen LogP contribution in [0.5, 0.6) is 0 Å². The van der Waals surface area contributed by atoms with Crippen molar-refractivity contribution >= 4 is 11.9 Å². The monoisotopic (exact) mass is 363 g/mol. The number of halogens is 3. The molecular formula is C19H16F3NO3. The maximum Gasteiger partial charge on any atom is 0.416 e. The van der Waals surface area contributed by atoms with Crippen LogP contribution in [0.1, 0.15) is 34.0 Å². The van der Waals surface area contributed by atoms with Crippen LogP contribution in [-0.2, 0) is 28.7 Å². The van der Waals surface area contributed by atoms with Crippen LogP contribution in [0.4, 0.5) is 13.2 Å². The number of hydrogen-bond donors (Lipinski definition) is 1. The number of fused-ring (bicyclic) bond motifs is 1. The molecule has 3 rings (SSSR count). The van der Waals surface area contributed by atoms with Crippen molar-refractivity contribution < 1.29 is 27.5 Å². The normalized spacial score (nSPS) is 19.5. The number of amides is 1. The molecule has 0 saturated carbocycles. The molecular weight excluding hydrogens is 347 g/mol. The van der Waals surface area contributed by atoms with Crippen molar-refractivity contribution in [2.75, 3.05) is 0 Å². The highest BCUT2D eigenvalue weighted by molar-refractivity contribution is 5.97. The number of benzene rings is 2. The third kappa shape index (κ3) is 3.56. The number of hydrogen-bond acceptors (Lipinski definition) is 3. The molecule has 1 aliphatic rings. The predicted molar refractivity (Wildman–Crippen MR) is 87.3 cm³/mol. The van der Waals surface area contributed by atoms with Crippen molar-refractivity contribution in [3.63, 3.8) is 0 Å². The number of carbonyl (C=O) groups excluding carboxylic acids is 2. The quantitative estimate of drug-likeness (QED) is 0.850. The second kappa shape index (κ2) is 6.48. The van der Waals surface area contributed by atoms with Gasteiger partial charge in [0.1, 0.15) is 0 Å². The van der Waals surface area contributed by atoms with E-state index in [1.165, 1.54) is 19.1 Å². The minimum atomic E-state index is -4.40. The fourth-order valence-electron chi connectivity index (χ4n) is 2.84. The first-order valence-electron chi connectivity index (χ1n) is 7.95. The molecule has 0 bridgehead atoms. The highest BCUT2D eigenvalue weighted by Gasteiger charge is 2.42. The van der Waals surface area contributed by atoms with E-state index >= 15 is 0 Å². The molecule has 2 aromatic carbocycles. The van der Waals surface area contributed by atoms with Crippen LogP contribution in [0.25, 0.3) is 0 Å². The van der Waals surface area contributed by atoms with E-state index in [0.717, 1.165) is 17.7 Å². The van der Waals surface area contributed by atoms with E-state index in [2.05, 4.69) is 5.32 Å². The summed E-state index contributed by atoms with van der Waals surface area (Å²) in [6.07, 6.45) is -4.17. The Bertz CT molecular complexity index is 846. The molecule has 1 heterocycles. The molecule has 1 aliphatic heterocycles. The summed E-state index contributed by atoms with van der Waals surface area (Å²) in [6.45, 7) is 1.55. The van der Waals surface area contributed by atoms with Gasteiger partial charge in [-0.25, -0.2) is 4.79 Å². The van der Waals surface area contributed by atoms with Gasteiger partial charge in [-0.15, -0.1) is 0 Å². The molecule has 2 aromatic rings. The lowest BCUT2D eigenvalue weighted by atomic mass is 9.89. The fraction of sp³-hybridized carbons (Fsp3) is 0.263. The van der Waals surface area contributed by atoms with Crippen molar-refractivity contribution in [3.05, 3.63) is 70.8 Å².